The summed E-state index contributed by atoms with van der Waals surface area (Å²) in [4.78, 5) is 21.9. The zero-order chi connectivity index (χ0) is 13.9. The van der Waals surface area contributed by atoms with Crippen molar-refractivity contribution in [3.8, 4) is 0 Å². The van der Waals surface area contributed by atoms with E-state index in [1.54, 1.807) is 0 Å². The lowest BCUT2D eigenvalue weighted by atomic mass is 9.79. The summed E-state index contributed by atoms with van der Waals surface area (Å²) in [6, 6.07) is 0. The van der Waals surface area contributed by atoms with Crippen molar-refractivity contribution in [3.63, 3.8) is 0 Å². The number of carbonyl (C=O) groups is 2. The van der Waals surface area contributed by atoms with E-state index in [1.807, 2.05) is 6.92 Å². The predicted molar refractivity (Wildman–Crippen MR) is 64.6 cm³/mol. The number of esters is 2. The van der Waals surface area contributed by atoms with Crippen LogP contribution < -0.4 is 0 Å². The monoisotopic (exact) mass is 258 g/mol. The highest BCUT2D eigenvalue weighted by Gasteiger charge is 2.41. The van der Waals surface area contributed by atoms with Gasteiger partial charge in [0, 0.05) is 19.8 Å². The normalized spacial score (nSPS) is 35.9. The van der Waals surface area contributed by atoms with Crippen molar-refractivity contribution in [2.45, 2.75) is 47.0 Å². The van der Waals surface area contributed by atoms with Crippen molar-refractivity contribution >= 4 is 11.9 Å². The van der Waals surface area contributed by atoms with Crippen LogP contribution >= 0.6 is 0 Å². The molecule has 0 aromatic rings. The van der Waals surface area contributed by atoms with Gasteiger partial charge in [0.25, 0.3) is 0 Å². The van der Waals surface area contributed by atoms with Crippen LogP contribution in [0.25, 0.3) is 0 Å². The van der Waals surface area contributed by atoms with E-state index in [9.17, 15) is 9.59 Å². The Morgan fingerprint density at radius 3 is 2.11 bits per heavy atom. The summed E-state index contributed by atoms with van der Waals surface area (Å²) in [6.45, 7) is 9.07. The lowest BCUT2D eigenvalue weighted by molar-refractivity contribution is -0.248. The van der Waals surface area contributed by atoms with Gasteiger partial charge < -0.3 is 14.2 Å². The minimum absolute atomic E-state index is 0.123. The molecule has 5 heteroatoms. The van der Waals surface area contributed by atoms with Crippen molar-refractivity contribution in [1.29, 1.82) is 0 Å². The van der Waals surface area contributed by atoms with E-state index in [4.69, 9.17) is 14.2 Å². The van der Waals surface area contributed by atoms with Crippen LogP contribution in [0.5, 0.6) is 0 Å². The quantitative estimate of drug-likeness (QED) is 0.722. The Bertz CT molecular complexity index is 313. The zero-order valence-corrected chi connectivity index (χ0v) is 11.6. The Kier molecular flexibility index (Phi) is 5.14. The molecule has 0 N–H and O–H groups in total. The van der Waals surface area contributed by atoms with Crippen LogP contribution in [0, 0.1) is 17.8 Å². The first kappa shape index (κ1) is 15.0. The lowest BCUT2D eigenvalue weighted by Crippen LogP contribution is -2.48. The minimum atomic E-state index is -0.561. The molecule has 104 valence electrons. The summed E-state index contributed by atoms with van der Waals surface area (Å²) in [5.74, 6) is -0.00625. The molecule has 0 spiro atoms. The van der Waals surface area contributed by atoms with Gasteiger partial charge in [0.15, 0.2) is 0 Å². The van der Waals surface area contributed by atoms with E-state index in [0.29, 0.717) is 5.92 Å². The number of hydrogen-bond donors (Lipinski definition) is 0. The topological polar surface area (TPSA) is 61.8 Å². The number of hydrogen-bond acceptors (Lipinski definition) is 5. The first-order valence-electron chi connectivity index (χ1n) is 6.29. The first-order chi connectivity index (χ1) is 8.32. The van der Waals surface area contributed by atoms with E-state index < -0.39 is 6.29 Å². The summed E-state index contributed by atoms with van der Waals surface area (Å²) in [7, 11) is 0. The molecule has 1 rings (SSSR count). The van der Waals surface area contributed by atoms with Crippen molar-refractivity contribution < 1.29 is 23.8 Å². The second kappa shape index (κ2) is 6.18. The van der Waals surface area contributed by atoms with Gasteiger partial charge in [0.1, 0.15) is 6.61 Å². The third-order valence-electron chi connectivity index (χ3n) is 3.72. The molecular formula is C13H22O5. The number of ether oxygens (including phenoxy) is 3. The average molecular weight is 258 g/mol. The predicted octanol–water partition coefficient (Wildman–Crippen LogP) is 1.75. The summed E-state index contributed by atoms with van der Waals surface area (Å²) in [5.41, 5.74) is 0. The number of carbonyl (C=O) groups excluding carboxylic acids is 2. The van der Waals surface area contributed by atoms with Gasteiger partial charge >= 0.3 is 11.9 Å². The molecular weight excluding hydrogens is 236 g/mol. The Morgan fingerprint density at radius 2 is 1.61 bits per heavy atom. The summed E-state index contributed by atoms with van der Waals surface area (Å²) in [6.07, 6.45) is -0.793. The van der Waals surface area contributed by atoms with Gasteiger partial charge in [-0.1, -0.05) is 20.8 Å². The van der Waals surface area contributed by atoms with E-state index in [-0.39, 0.29) is 36.5 Å². The molecule has 0 aromatic heterocycles. The molecule has 18 heavy (non-hydrogen) atoms. The number of rotatable bonds is 3. The molecule has 0 aromatic carbocycles. The lowest BCUT2D eigenvalue weighted by Gasteiger charge is -2.42. The molecule has 5 unspecified atom stereocenters. The molecule has 1 heterocycles. The fraction of sp³-hybridized carbons (Fsp3) is 0.846. The van der Waals surface area contributed by atoms with Crippen LogP contribution in [0.4, 0.5) is 0 Å². The van der Waals surface area contributed by atoms with Crippen molar-refractivity contribution in [2.75, 3.05) is 6.61 Å². The minimum Gasteiger partial charge on any atom is -0.463 e. The standard InChI is InChI=1S/C13H22O5/c1-7-8(2)12(6-16-10(4)14)18-13(9(7)3)17-11(5)15/h7-9,12-13H,6H2,1-5H3. The largest absolute Gasteiger partial charge is 0.463 e. The highest BCUT2D eigenvalue weighted by molar-refractivity contribution is 5.66. The van der Waals surface area contributed by atoms with Crippen molar-refractivity contribution in [2.24, 2.45) is 17.8 Å². The molecule has 5 atom stereocenters. The summed E-state index contributed by atoms with van der Waals surface area (Å²) < 4.78 is 15.9. The molecule has 0 bridgehead atoms. The maximum absolute atomic E-state index is 11.0. The highest BCUT2D eigenvalue weighted by Crippen LogP contribution is 2.35. The fourth-order valence-electron chi connectivity index (χ4n) is 2.17. The average Bonchev–Trinajstić information content (AvgIpc) is 2.27. The van der Waals surface area contributed by atoms with Gasteiger partial charge in [-0.05, 0) is 11.8 Å². The van der Waals surface area contributed by atoms with Gasteiger partial charge in [-0.15, -0.1) is 0 Å². The van der Waals surface area contributed by atoms with E-state index in [2.05, 4.69) is 13.8 Å². The third-order valence-corrected chi connectivity index (χ3v) is 3.72. The third kappa shape index (κ3) is 3.70. The van der Waals surface area contributed by atoms with Gasteiger partial charge in [0.2, 0.25) is 6.29 Å². The van der Waals surface area contributed by atoms with Crippen molar-refractivity contribution in [3.05, 3.63) is 0 Å². The van der Waals surface area contributed by atoms with Gasteiger partial charge in [-0.25, -0.2) is 0 Å². The van der Waals surface area contributed by atoms with E-state index >= 15 is 0 Å². The maximum Gasteiger partial charge on any atom is 0.304 e. The van der Waals surface area contributed by atoms with Crippen LogP contribution in [-0.4, -0.2) is 30.9 Å². The highest BCUT2D eigenvalue weighted by atomic mass is 16.7. The van der Waals surface area contributed by atoms with Crippen molar-refractivity contribution in [1.82, 2.24) is 0 Å². The molecule has 1 saturated heterocycles. The Balaban J connectivity index is 2.67. The Hall–Kier alpha value is -1.10. The molecule has 0 saturated carbocycles. The molecule has 0 radical (unpaired) electrons. The van der Waals surface area contributed by atoms with Gasteiger partial charge in [0.05, 0.1) is 6.10 Å². The SMILES string of the molecule is CC(=O)OCC1OC(OC(C)=O)C(C)C(C)C1C. The molecule has 0 amide bonds. The fourth-order valence-corrected chi connectivity index (χ4v) is 2.17. The van der Waals surface area contributed by atoms with Gasteiger partial charge in [-0.2, -0.15) is 0 Å². The molecule has 1 aliphatic heterocycles. The van der Waals surface area contributed by atoms with Crippen LogP contribution in [0.3, 0.4) is 0 Å². The molecule has 1 fully saturated rings. The molecule has 5 nitrogen and oxygen atoms in total. The second-order valence-corrected chi connectivity index (χ2v) is 5.03. The van der Waals surface area contributed by atoms with Gasteiger partial charge in [-0.3, -0.25) is 9.59 Å². The van der Waals surface area contributed by atoms with E-state index in [1.165, 1.54) is 13.8 Å². The molecule has 1 aliphatic rings. The van der Waals surface area contributed by atoms with Crippen LogP contribution in [0.15, 0.2) is 0 Å². The second-order valence-electron chi connectivity index (χ2n) is 5.03. The zero-order valence-electron chi connectivity index (χ0n) is 11.6. The summed E-state index contributed by atoms with van der Waals surface area (Å²) >= 11 is 0. The maximum atomic E-state index is 11.0. The Labute approximate surface area is 108 Å². The van der Waals surface area contributed by atoms with Crippen LogP contribution in [-0.2, 0) is 23.8 Å². The van der Waals surface area contributed by atoms with Crippen LogP contribution in [0.2, 0.25) is 0 Å². The first-order valence-corrected chi connectivity index (χ1v) is 6.29. The smallest absolute Gasteiger partial charge is 0.304 e. The Morgan fingerprint density at radius 1 is 1.00 bits per heavy atom. The van der Waals surface area contributed by atoms with E-state index in [0.717, 1.165) is 0 Å². The molecule has 0 aliphatic carbocycles. The van der Waals surface area contributed by atoms with Crippen LogP contribution in [0.1, 0.15) is 34.6 Å². The summed E-state index contributed by atoms with van der Waals surface area (Å²) in [5, 5.41) is 0.